The number of hydrogen-bond donors (Lipinski definition) is 0. The van der Waals surface area contributed by atoms with Gasteiger partial charge in [0.25, 0.3) is 0 Å². The minimum absolute atomic E-state index is 0.378. The third-order valence-electron chi connectivity index (χ3n) is 4.07. The van der Waals surface area contributed by atoms with Gasteiger partial charge >= 0.3 is 17.9 Å². The number of rotatable bonds is 6. The predicted molar refractivity (Wildman–Crippen MR) is 119 cm³/mol. The van der Waals surface area contributed by atoms with Gasteiger partial charge in [-0.2, -0.15) is 0 Å². The summed E-state index contributed by atoms with van der Waals surface area (Å²) >= 11 is 0. The average Bonchev–Trinajstić information content (AvgIpc) is 2.71. The lowest BCUT2D eigenvalue weighted by Crippen LogP contribution is -2.21. The Kier molecular flexibility index (Phi) is 7.16. The van der Waals surface area contributed by atoms with Gasteiger partial charge in [-0.3, -0.25) is 14.4 Å². The third kappa shape index (κ3) is 6.24. The average molecular weight is 436 g/mol. The molecule has 0 unspecified atom stereocenters. The number of benzene rings is 3. The maximum Gasteiger partial charge on any atom is 0.308 e. The SMILES string of the molecule is CC(=O)Oc1ccc(P(c2ccc(OC(C)=O)cc2)c2ccc(OC(C)=O)cc2)cc1. The maximum atomic E-state index is 11.2. The topological polar surface area (TPSA) is 78.9 Å². The molecule has 158 valence electrons. The molecule has 0 bridgehead atoms. The third-order valence-corrected chi connectivity index (χ3v) is 6.51. The summed E-state index contributed by atoms with van der Waals surface area (Å²) in [5.74, 6) is 0.288. The van der Waals surface area contributed by atoms with Crippen LogP contribution in [0.1, 0.15) is 20.8 Å². The minimum Gasteiger partial charge on any atom is -0.427 e. The molecule has 0 atom stereocenters. The highest BCUT2D eigenvalue weighted by atomic mass is 31.1. The Morgan fingerprint density at radius 1 is 0.484 bits per heavy atom. The van der Waals surface area contributed by atoms with E-state index in [9.17, 15) is 14.4 Å². The first-order chi connectivity index (χ1) is 14.8. The van der Waals surface area contributed by atoms with Gasteiger partial charge in [-0.05, 0) is 60.2 Å². The van der Waals surface area contributed by atoms with Crippen LogP contribution in [-0.4, -0.2) is 17.9 Å². The summed E-state index contributed by atoms with van der Waals surface area (Å²) in [5, 5.41) is 3.10. The summed E-state index contributed by atoms with van der Waals surface area (Å²) in [5.41, 5.74) is 0. The zero-order chi connectivity index (χ0) is 22.4. The minimum atomic E-state index is -0.966. The highest BCUT2D eigenvalue weighted by Crippen LogP contribution is 2.34. The van der Waals surface area contributed by atoms with Gasteiger partial charge in [0.05, 0.1) is 0 Å². The molecule has 0 heterocycles. The van der Waals surface area contributed by atoms with E-state index in [0.29, 0.717) is 17.2 Å². The zero-order valence-electron chi connectivity index (χ0n) is 17.3. The van der Waals surface area contributed by atoms with E-state index >= 15 is 0 Å². The fourth-order valence-electron chi connectivity index (χ4n) is 2.93. The van der Waals surface area contributed by atoms with E-state index in [0.717, 1.165) is 15.9 Å². The van der Waals surface area contributed by atoms with E-state index in [1.165, 1.54) is 20.8 Å². The second kappa shape index (κ2) is 10.0. The normalized spacial score (nSPS) is 10.5. The van der Waals surface area contributed by atoms with Crippen molar-refractivity contribution < 1.29 is 28.6 Å². The van der Waals surface area contributed by atoms with Crippen LogP contribution in [0.25, 0.3) is 0 Å². The molecule has 0 saturated carbocycles. The van der Waals surface area contributed by atoms with E-state index in [1.54, 1.807) is 36.4 Å². The van der Waals surface area contributed by atoms with Crippen molar-refractivity contribution in [3.8, 4) is 17.2 Å². The largest absolute Gasteiger partial charge is 0.427 e. The van der Waals surface area contributed by atoms with Crippen molar-refractivity contribution in [1.29, 1.82) is 0 Å². The molecule has 0 saturated heterocycles. The van der Waals surface area contributed by atoms with Crippen molar-refractivity contribution >= 4 is 41.7 Å². The molecular weight excluding hydrogens is 415 g/mol. The Morgan fingerprint density at radius 2 is 0.710 bits per heavy atom. The summed E-state index contributed by atoms with van der Waals surface area (Å²) in [4.78, 5) is 33.6. The number of ether oxygens (including phenoxy) is 3. The molecule has 0 radical (unpaired) electrons. The quantitative estimate of drug-likeness (QED) is 0.335. The lowest BCUT2D eigenvalue weighted by atomic mass is 10.3. The summed E-state index contributed by atoms with van der Waals surface area (Å²) in [6, 6.07) is 22.1. The molecule has 3 aromatic rings. The van der Waals surface area contributed by atoms with Crippen LogP contribution in [0.15, 0.2) is 72.8 Å². The lowest BCUT2D eigenvalue weighted by Gasteiger charge is -2.20. The fraction of sp³-hybridized carbons (Fsp3) is 0.125. The number of carbonyl (C=O) groups excluding carboxylic acids is 3. The number of esters is 3. The van der Waals surface area contributed by atoms with Gasteiger partial charge in [0.2, 0.25) is 0 Å². The molecule has 7 heteroatoms. The first kappa shape index (κ1) is 22.2. The first-order valence-electron chi connectivity index (χ1n) is 9.47. The molecule has 3 rings (SSSR count). The molecule has 0 aliphatic carbocycles. The molecule has 0 aliphatic heterocycles. The van der Waals surface area contributed by atoms with Crippen molar-refractivity contribution in [3.05, 3.63) is 72.8 Å². The molecule has 3 aromatic carbocycles. The maximum absolute atomic E-state index is 11.2. The Bertz CT molecular complexity index is 931. The van der Waals surface area contributed by atoms with Crippen molar-refractivity contribution in [3.63, 3.8) is 0 Å². The fourth-order valence-corrected chi connectivity index (χ4v) is 5.17. The molecular formula is C24H21O6P. The molecule has 0 fully saturated rings. The highest BCUT2D eigenvalue weighted by Gasteiger charge is 2.17. The molecule has 0 aliphatic rings. The van der Waals surface area contributed by atoms with Crippen LogP contribution in [0.4, 0.5) is 0 Å². The van der Waals surface area contributed by atoms with Gasteiger partial charge in [-0.1, -0.05) is 36.4 Å². The van der Waals surface area contributed by atoms with Crippen molar-refractivity contribution in [2.24, 2.45) is 0 Å². The molecule has 0 N–H and O–H groups in total. The smallest absolute Gasteiger partial charge is 0.308 e. The monoisotopic (exact) mass is 436 g/mol. The molecule has 31 heavy (non-hydrogen) atoms. The number of hydrogen-bond acceptors (Lipinski definition) is 6. The molecule has 0 aromatic heterocycles. The second-order valence-corrected chi connectivity index (χ2v) is 8.82. The number of carbonyl (C=O) groups is 3. The summed E-state index contributed by atoms with van der Waals surface area (Å²) < 4.78 is 15.4. The Labute approximate surface area is 181 Å². The van der Waals surface area contributed by atoms with E-state index in [-0.39, 0.29) is 17.9 Å². The van der Waals surface area contributed by atoms with Gasteiger partial charge in [0.1, 0.15) is 17.2 Å². The van der Waals surface area contributed by atoms with Crippen LogP contribution in [0.3, 0.4) is 0 Å². The van der Waals surface area contributed by atoms with E-state index in [2.05, 4.69) is 0 Å². The van der Waals surface area contributed by atoms with Gasteiger partial charge in [0.15, 0.2) is 0 Å². The van der Waals surface area contributed by atoms with E-state index < -0.39 is 7.92 Å². The Morgan fingerprint density at radius 3 is 0.903 bits per heavy atom. The standard InChI is InChI=1S/C24H21O6P/c1-16(25)28-19-4-10-22(11-5-19)31(23-12-6-20(7-13-23)29-17(2)26)24-14-8-21(9-15-24)30-18(3)27/h4-15H,1-3H3. The van der Waals surface area contributed by atoms with Gasteiger partial charge in [-0.15, -0.1) is 0 Å². The van der Waals surface area contributed by atoms with Crippen LogP contribution in [0.2, 0.25) is 0 Å². The van der Waals surface area contributed by atoms with Gasteiger partial charge < -0.3 is 14.2 Å². The predicted octanol–water partition coefficient (Wildman–Crippen LogP) is 3.22. The summed E-state index contributed by atoms with van der Waals surface area (Å²) in [6.07, 6.45) is 0. The van der Waals surface area contributed by atoms with Crippen LogP contribution >= 0.6 is 7.92 Å². The van der Waals surface area contributed by atoms with E-state index in [4.69, 9.17) is 14.2 Å². The van der Waals surface area contributed by atoms with Crippen LogP contribution in [0, 0.1) is 0 Å². The zero-order valence-corrected chi connectivity index (χ0v) is 18.2. The Balaban J connectivity index is 1.98. The van der Waals surface area contributed by atoms with Crippen LogP contribution in [0.5, 0.6) is 17.2 Å². The second-order valence-electron chi connectivity index (χ2n) is 6.60. The molecule has 6 nitrogen and oxygen atoms in total. The van der Waals surface area contributed by atoms with E-state index in [1.807, 2.05) is 36.4 Å². The lowest BCUT2D eigenvalue weighted by molar-refractivity contribution is -0.132. The van der Waals surface area contributed by atoms with Crippen molar-refractivity contribution in [2.75, 3.05) is 0 Å². The van der Waals surface area contributed by atoms with Crippen LogP contribution in [-0.2, 0) is 14.4 Å². The molecule has 0 spiro atoms. The van der Waals surface area contributed by atoms with Crippen molar-refractivity contribution in [2.45, 2.75) is 20.8 Å². The first-order valence-corrected chi connectivity index (χ1v) is 10.8. The van der Waals surface area contributed by atoms with Crippen LogP contribution < -0.4 is 30.1 Å². The van der Waals surface area contributed by atoms with Gasteiger partial charge in [-0.25, -0.2) is 0 Å². The van der Waals surface area contributed by atoms with Gasteiger partial charge in [0, 0.05) is 20.8 Å². The van der Waals surface area contributed by atoms with Crippen molar-refractivity contribution in [1.82, 2.24) is 0 Å². The molecule has 0 amide bonds. The summed E-state index contributed by atoms with van der Waals surface area (Å²) in [6.45, 7) is 4.07. The Hall–Kier alpha value is -3.50. The summed E-state index contributed by atoms with van der Waals surface area (Å²) in [7, 11) is -0.966. The highest BCUT2D eigenvalue weighted by molar-refractivity contribution is 7.79.